The molecule has 3 unspecified atom stereocenters. The van der Waals surface area contributed by atoms with Gasteiger partial charge in [0.25, 0.3) is 0 Å². The van der Waals surface area contributed by atoms with E-state index in [0.29, 0.717) is 0 Å². The molecule has 0 aromatic heterocycles. The van der Waals surface area contributed by atoms with E-state index >= 15 is 0 Å². The van der Waals surface area contributed by atoms with E-state index in [1.54, 1.807) is 31.9 Å². The molecule has 1 heteroatoms. The molecule has 3 saturated heterocycles. The molecule has 0 amide bonds. The summed E-state index contributed by atoms with van der Waals surface area (Å²) in [6.45, 7) is 3.53. The molecule has 1 aliphatic carbocycles. The second-order valence-electron chi connectivity index (χ2n) is 5.88. The van der Waals surface area contributed by atoms with Crippen LogP contribution >= 0.6 is 0 Å². The van der Waals surface area contributed by atoms with Crippen LogP contribution in [0, 0.1) is 17.8 Å². The summed E-state index contributed by atoms with van der Waals surface area (Å²) in [5, 5.41) is 0. The minimum absolute atomic E-state index is 1.15. The van der Waals surface area contributed by atoms with Crippen LogP contribution in [-0.4, -0.2) is 6.71 Å². The second kappa shape index (κ2) is 3.03. The molecule has 3 aliphatic heterocycles. The molecule has 4 fully saturated rings. The van der Waals surface area contributed by atoms with Crippen molar-refractivity contribution in [2.24, 2.45) is 17.8 Å². The summed E-state index contributed by atoms with van der Waals surface area (Å²) in [5.74, 6) is 4.64. The predicted molar refractivity (Wildman–Crippen MR) is 58.3 cm³/mol. The van der Waals surface area contributed by atoms with Gasteiger partial charge in [-0.25, -0.2) is 0 Å². The molecule has 13 heavy (non-hydrogen) atoms. The molecule has 0 spiro atoms. The minimum atomic E-state index is 1.15. The molecular weight excluding hydrogens is 155 g/mol. The fourth-order valence-electron chi connectivity index (χ4n) is 4.84. The highest BCUT2D eigenvalue weighted by Gasteiger charge is 2.48. The van der Waals surface area contributed by atoms with E-state index in [2.05, 4.69) is 6.92 Å². The van der Waals surface area contributed by atoms with Crippen molar-refractivity contribution in [3.05, 3.63) is 0 Å². The first-order valence-electron chi connectivity index (χ1n) is 6.36. The summed E-state index contributed by atoms with van der Waals surface area (Å²) in [6, 6.07) is 0. The maximum absolute atomic E-state index is 2.37. The van der Waals surface area contributed by atoms with Crippen molar-refractivity contribution in [3.8, 4) is 0 Å². The van der Waals surface area contributed by atoms with Gasteiger partial charge in [0, 0.05) is 0 Å². The summed E-state index contributed by atoms with van der Waals surface area (Å²) >= 11 is 0. The van der Waals surface area contributed by atoms with E-state index in [0.717, 1.165) is 30.3 Å². The van der Waals surface area contributed by atoms with Crippen molar-refractivity contribution in [1.82, 2.24) is 0 Å². The zero-order chi connectivity index (χ0) is 8.84. The van der Waals surface area contributed by atoms with Gasteiger partial charge in [-0.05, 0) is 37.0 Å². The molecule has 0 N–H and O–H groups in total. The van der Waals surface area contributed by atoms with Crippen molar-refractivity contribution < 1.29 is 0 Å². The van der Waals surface area contributed by atoms with Crippen molar-refractivity contribution in [2.75, 3.05) is 0 Å². The molecule has 0 aromatic rings. The Morgan fingerprint density at radius 2 is 1.77 bits per heavy atom. The lowest BCUT2D eigenvalue weighted by Gasteiger charge is -2.53. The molecule has 3 heterocycles. The molecule has 0 radical (unpaired) electrons. The zero-order valence-electron chi connectivity index (χ0n) is 8.84. The molecule has 4 rings (SSSR count). The van der Waals surface area contributed by atoms with Gasteiger partial charge < -0.3 is 0 Å². The van der Waals surface area contributed by atoms with E-state index in [1.165, 1.54) is 12.8 Å². The first-order valence-corrected chi connectivity index (χ1v) is 6.36. The molecule has 0 nitrogen and oxygen atoms in total. The highest BCUT2D eigenvalue weighted by atomic mass is 14.4. The quantitative estimate of drug-likeness (QED) is 0.562. The molecule has 3 atom stereocenters. The fourth-order valence-corrected chi connectivity index (χ4v) is 4.84. The lowest BCUT2D eigenvalue weighted by atomic mass is 9.22. The first-order chi connectivity index (χ1) is 6.36. The molecule has 1 saturated carbocycles. The Balaban J connectivity index is 1.77. The van der Waals surface area contributed by atoms with Gasteiger partial charge in [0.05, 0.1) is 0 Å². The van der Waals surface area contributed by atoms with Crippen LogP contribution in [0.1, 0.15) is 39.0 Å². The van der Waals surface area contributed by atoms with Crippen LogP contribution in [-0.2, 0) is 0 Å². The highest BCUT2D eigenvalue weighted by molar-refractivity contribution is 6.61. The summed E-state index contributed by atoms with van der Waals surface area (Å²) in [4.78, 5) is 0. The Kier molecular flexibility index (Phi) is 1.96. The Bertz CT molecular complexity index is 171. The summed E-state index contributed by atoms with van der Waals surface area (Å²) in [6.07, 6.45) is 11.0. The minimum Gasteiger partial charge on any atom is -0.0710 e. The largest absolute Gasteiger partial charge is 0.143 e. The van der Waals surface area contributed by atoms with Crippen LogP contribution in [0.4, 0.5) is 0 Å². The van der Waals surface area contributed by atoms with Crippen molar-refractivity contribution in [1.29, 1.82) is 0 Å². The SMILES string of the molecule is CCCC1B2CC3CC(C2)CC1C3. The van der Waals surface area contributed by atoms with Crippen molar-refractivity contribution in [2.45, 2.75) is 57.5 Å². The Morgan fingerprint density at radius 3 is 2.31 bits per heavy atom. The van der Waals surface area contributed by atoms with Crippen LogP contribution in [0.15, 0.2) is 0 Å². The average molecular weight is 176 g/mol. The van der Waals surface area contributed by atoms with Gasteiger partial charge in [-0.1, -0.05) is 38.2 Å². The number of rotatable bonds is 2. The molecule has 0 aromatic carbocycles. The van der Waals surface area contributed by atoms with Crippen LogP contribution < -0.4 is 0 Å². The first kappa shape index (κ1) is 8.38. The van der Waals surface area contributed by atoms with Gasteiger partial charge in [0.15, 0.2) is 0 Å². The van der Waals surface area contributed by atoms with Gasteiger partial charge in [-0.3, -0.25) is 0 Å². The van der Waals surface area contributed by atoms with E-state index in [4.69, 9.17) is 0 Å². The van der Waals surface area contributed by atoms with E-state index in [-0.39, 0.29) is 0 Å². The highest BCUT2D eigenvalue weighted by Crippen LogP contribution is 2.57. The predicted octanol–water partition coefficient (Wildman–Crippen LogP) is 3.71. The van der Waals surface area contributed by atoms with Crippen LogP contribution in [0.5, 0.6) is 0 Å². The molecule has 72 valence electrons. The van der Waals surface area contributed by atoms with Gasteiger partial charge >= 0.3 is 0 Å². The Morgan fingerprint density at radius 1 is 1.08 bits per heavy atom. The van der Waals surface area contributed by atoms with Crippen LogP contribution in [0.3, 0.4) is 0 Å². The van der Waals surface area contributed by atoms with Gasteiger partial charge in [-0.15, -0.1) is 0 Å². The molecular formula is C12H21B. The normalized spacial score (nSPS) is 47.3. The van der Waals surface area contributed by atoms with Gasteiger partial charge in [0.2, 0.25) is 0 Å². The van der Waals surface area contributed by atoms with Gasteiger partial charge in [0.1, 0.15) is 6.71 Å². The van der Waals surface area contributed by atoms with Crippen molar-refractivity contribution in [3.63, 3.8) is 0 Å². The third kappa shape index (κ3) is 1.27. The monoisotopic (exact) mass is 176 g/mol. The summed E-state index contributed by atoms with van der Waals surface area (Å²) in [7, 11) is 0. The third-order valence-corrected chi connectivity index (χ3v) is 5.04. The Hall–Kier alpha value is 0.0649. The van der Waals surface area contributed by atoms with Crippen LogP contribution in [0.2, 0.25) is 18.5 Å². The maximum atomic E-state index is 2.37. The van der Waals surface area contributed by atoms with Crippen LogP contribution in [0.25, 0.3) is 0 Å². The lowest BCUT2D eigenvalue weighted by Crippen LogP contribution is -2.47. The van der Waals surface area contributed by atoms with Crippen molar-refractivity contribution >= 4 is 6.71 Å². The summed E-state index contributed by atoms with van der Waals surface area (Å²) in [5.41, 5.74) is 0. The zero-order valence-corrected chi connectivity index (χ0v) is 8.84. The molecule has 4 bridgehead atoms. The van der Waals surface area contributed by atoms with E-state index in [9.17, 15) is 0 Å². The fraction of sp³-hybridized carbons (Fsp3) is 1.00. The van der Waals surface area contributed by atoms with Gasteiger partial charge in [-0.2, -0.15) is 0 Å². The van der Waals surface area contributed by atoms with E-state index in [1.807, 2.05) is 0 Å². The Labute approximate surface area is 82.6 Å². The smallest absolute Gasteiger partial charge is 0.0710 e. The standard InChI is InChI=1S/C12H21B/c1-2-3-12-11-5-9-4-10(6-11)8-13(12)7-9/h9-12H,2-8H2,1H3. The molecule has 4 aliphatic rings. The topological polar surface area (TPSA) is 0 Å². The number of hydrogen-bond donors (Lipinski definition) is 0. The van der Waals surface area contributed by atoms with E-state index < -0.39 is 0 Å². The average Bonchev–Trinajstić information content (AvgIpc) is 2.10. The third-order valence-electron chi connectivity index (χ3n) is 5.04. The maximum Gasteiger partial charge on any atom is 0.143 e. The second-order valence-corrected chi connectivity index (χ2v) is 5.88. The lowest BCUT2D eigenvalue weighted by molar-refractivity contribution is 0.162. The number of hydrogen-bond acceptors (Lipinski definition) is 0. The summed E-state index contributed by atoms with van der Waals surface area (Å²) < 4.78 is 0.